The van der Waals surface area contributed by atoms with Crippen molar-refractivity contribution in [1.29, 1.82) is 0 Å². The molecule has 3 N–H and O–H groups in total. The Morgan fingerprint density at radius 3 is 2.50 bits per heavy atom. The van der Waals surface area contributed by atoms with Gasteiger partial charge < -0.3 is 15.3 Å². The van der Waals surface area contributed by atoms with Gasteiger partial charge in [-0.2, -0.15) is 0 Å². The van der Waals surface area contributed by atoms with Crippen LogP contribution in [0.3, 0.4) is 0 Å². The first-order chi connectivity index (χ1) is 8.54. The van der Waals surface area contributed by atoms with Crippen LogP contribution in [0.25, 0.3) is 0 Å². The lowest BCUT2D eigenvalue weighted by atomic mass is 9.83. The summed E-state index contributed by atoms with van der Waals surface area (Å²) in [5.74, 6) is 1.20. The van der Waals surface area contributed by atoms with E-state index in [0.29, 0.717) is 11.8 Å². The van der Waals surface area contributed by atoms with Gasteiger partial charge in [-0.25, -0.2) is 0 Å². The van der Waals surface area contributed by atoms with Crippen molar-refractivity contribution in [2.45, 2.75) is 39.5 Å². The molecule has 0 saturated heterocycles. The Hall–Kier alpha value is -0.380. The second-order valence-corrected chi connectivity index (χ2v) is 6.60. The molecule has 2 aliphatic rings. The molecule has 1 fully saturated rings. The Kier molecular flexibility index (Phi) is 4.15. The van der Waals surface area contributed by atoms with Crippen molar-refractivity contribution in [3.63, 3.8) is 0 Å². The minimum Gasteiger partial charge on any atom is -0.396 e. The summed E-state index contributed by atoms with van der Waals surface area (Å²) in [5, 5.41) is 28.8. The number of rotatable bonds is 3. The maximum Gasteiger partial charge on any atom is 0.0648 e. The van der Waals surface area contributed by atoms with Gasteiger partial charge in [0.15, 0.2) is 0 Å². The fourth-order valence-electron chi connectivity index (χ4n) is 3.87. The maximum absolute atomic E-state index is 9.66. The highest BCUT2D eigenvalue weighted by molar-refractivity contribution is 5.28. The number of hydrogen-bond acceptors (Lipinski definition) is 3. The summed E-state index contributed by atoms with van der Waals surface area (Å²) in [6, 6.07) is 0. The minimum absolute atomic E-state index is 0.0357. The topological polar surface area (TPSA) is 60.7 Å². The summed E-state index contributed by atoms with van der Waals surface area (Å²) in [7, 11) is 0. The summed E-state index contributed by atoms with van der Waals surface area (Å²) in [4.78, 5) is 0. The quantitative estimate of drug-likeness (QED) is 0.672. The summed E-state index contributed by atoms with van der Waals surface area (Å²) in [6.45, 7) is 4.80. The zero-order valence-corrected chi connectivity index (χ0v) is 11.5. The van der Waals surface area contributed by atoms with Gasteiger partial charge in [0.25, 0.3) is 0 Å². The smallest absolute Gasteiger partial charge is 0.0648 e. The molecule has 0 aromatic carbocycles. The molecule has 3 nitrogen and oxygen atoms in total. The molecule has 1 saturated carbocycles. The van der Waals surface area contributed by atoms with Gasteiger partial charge in [-0.15, -0.1) is 0 Å². The van der Waals surface area contributed by atoms with E-state index in [4.69, 9.17) is 0 Å². The summed E-state index contributed by atoms with van der Waals surface area (Å²) < 4.78 is 0. The van der Waals surface area contributed by atoms with Gasteiger partial charge in [0.05, 0.1) is 6.61 Å². The van der Waals surface area contributed by atoms with Gasteiger partial charge in [0.2, 0.25) is 0 Å². The molecule has 2 rings (SSSR count). The third-order valence-corrected chi connectivity index (χ3v) is 5.11. The molecule has 2 aliphatic carbocycles. The molecular weight excluding hydrogens is 228 g/mol. The molecule has 3 heteroatoms. The molecule has 0 aromatic rings. The highest BCUT2D eigenvalue weighted by Crippen LogP contribution is 2.52. The van der Waals surface area contributed by atoms with Crippen LogP contribution in [0.2, 0.25) is 0 Å². The van der Waals surface area contributed by atoms with Crippen LogP contribution in [0.4, 0.5) is 0 Å². The van der Waals surface area contributed by atoms with Crippen LogP contribution in [-0.4, -0.2) is 35.1 Å². The molecule has 4 atom stereocenters. The third kappa shape index (κ3) is 2.36. The normalized spacial score (nSPS) is 40.8. The van der Waals surface area contributed by atoms with E-state index in [9.17, 15) is 15.3 Å². The van der Waals surface area contributed by atoms with E-state index in [1.54, 1.807) is 0 Å². The molecule has 0 heterocycles. The highest BCUT2D eigenvalue weighted by atomic mass is 16.3. The van der Waals surface area contributed by atoms with Crippen LogP contribution in [-0.2, 0) is 0 Å². The van der Waals surface area contributed by atoms with Crippen molar-refractivity contribution >= 4 is 0 Å². The molecule has 0 spiro atoms. The maximum atomic E-state index is 9.66. The monoisotopic (exact) mass is 254 g/mol. The average Bonchev–Trinajstić information content (AvgIpc) is 2.67. The molecule has 104 valence electrons. The molecule has 4 unspecified atom stereocenters. The van der Waals surface area contributed by atoms with E-state index in [1.807, 2.05) is 0 Å². The Balaban J connectivity index is 2.38. The first-order valence-corrected chi connectivity index (χ1v) is 7.09. The van der Waals surface area contributed by atoms with Crippen molar-refractivity contribution in [1.82, 2.24) is 0 Å². The van der Waals surface area contributed by atoms with Crippen molar-refractivity contribution in [3.8, 4) is 0 Å². The highest BCUT2D eigenvalue weighted by Gasteiger charge is 2.43. The molecule has 0 aromatic heterocycles. The van der Waals surface area contributed by atoms with Crippen LogP contribution in [0.5, 0.6) is 0 Å². The van der Waals surface area contributed by atoms with Crippen molar-refractivity contribution in [3.05, 3.63) is 11.1 Å². The van der Waals surface area contributed by atoms with Crippen molar-refractivity contribution < 1.29 is 15.3 Å². The molecule has 0 radical (unpaired) electrons. The van der Waals surface area contributed by atoms with Gasteiger partial charge in [-0.05, 0) is 48.5 Å². The second-order valence-electron chi connectivity index (χ2n) is 6.60. The van der Waals surface area contributed by atoms with Gasteiger partial charge in [0, 0.05) is 19.1 Å². The van der Waals surface area contributed by atoms with Crippen LogP contribution in [0, 0.1) is 23.2 Å². The average molecular weight is 254 g/mol. The van der Waals surface area contributed by atoms with E-state index in [2.05, 4.69) is 13.8 Å². The lowest BCUT2D eigenvalue weighted by Crippen LogP contribution is -2.19. The number of fused-ring (bicyclic) bond motifs is 1. The summed E-state index contributed by atoms with van der Waals surface area (Å²) >= 11 is 0. The Labute approximate surface area is 110 Å². The molecule has 0 aliphatic heterocycles. The fourth-order valence-corrected chi connectivity index (χ4v) is 3.87. The van der Waals surface area contributed by atoms with E-state index in [1.165, 1.54) is 5.57 Å². The Morgan fingerprint density at radius 1 is 1.22 bits per heavy atom. The third-order valence-electron chi connectivity index (χ3n) is 5.11. The molecule has 18 heavy (non-hydrogen) atoms. The zero-order chi connectivity index (χ0) is 13.3. The number of allylic oxidation sites excluding steroid dienone is 1. The number of hydrogen-bond donors (Lipinski definition) is 3. The predicted molar refractivity (Wildman–Crippen MR) is 71.0 cm³/mol. The van der Waals surface area contributed by atoms with Gasteiger partial charge >= 0.3 is 0 Å². The lowest BCUT2D eigenvalue weighted by molar-refractivity contribution is 0.137. The standard InChI is InChI=1S/C15H26O3/c1-10-3-4-11(7-16)14(8-17)13-6-15(2,9-18)5-12(10)13/h10-12,16-18H,3-9H2,1-2H3. The van der Waals surface area contributed by atoms with Crippen LogP contribution < -0.4 is 0 Å². The van der Waals surface area contributed by atoms with E-state index in [0.717, 1.165) is 31.3 Å². The van der Waals surface area contributed by atoms with Gasteiger partial charge in [0.1, 0.15) is 0 Å². The summed E-state index contributed by atoms with van der Waals surface area (Å²) in [5.41, 5.74) is 2.36. The lowest BCUT2D eigenvalue weighted by Gasteiger charge is -2.23. The second kappa shape index (κ2) is 5.32. The van der Waals surface area contributed by atoms with Crippen molar-refractivity contribution in [2.75, 3.05) is 19.8 Å². The van der Waals surface area contributed by atoms with E-state index in [-0.39, 0.29) is 31.2 Å². The Morgan fingerprint density at radius 2 is 1.94 bits per heavy atom. The van der Waals surface area contributed by atoms with E-state index >= 15 is 0 Å². The first kappa shape index (κ1) is 14.0. The van der Waals surface area contributed by atoms with Gasteiger partial charge in [-0.3, -0.25) is 0 Å². The minimum atomic E-state index is -0.0357. The molecular formula is C15H26O3. The zero-order valence-electron chi connectivity index (χ0n) is 11.5. The SMILES string of the molecule is CC1CCC(CO)C(CO)=C2CC(C)(CO)CC21. The first-order valence-electron chi connectivity index (χ1n) is 7.09. The van der Waals surface area contributed by atoms with Crippen LogP contribution >= 0.6 is 0 Å². The predicted octanol–water partition coefficient (Wildman–Crippen LogP) is 1.72. The van der Waals surface area contributed by atoms with Crippen LogP contribution in [0.1, 0.15) is 39.5 Å². The molecule has 0 bridgehead atoms. The number of aliphatic hydroxyl groups is 3. The van der Waals surface area contributed by atoms with Crippen LogP contribution in [0.15, 0.2) is 11.1 Å². The van der Waals surface area contributed by atoms with Gasteiger partial charge in [-0.1, -0.05) is 19.4 Å². The number of aliphatic hydroxyl groups excluding tert-OH is 3. The summed E-state index contributed by atoms with van der Waals surface area (Å²) in [6.07, 6.45) is 3.97. The van der Waals surface area contributed by atoms with Crippen molar-refractivity contribution in [2.24, 2.45) is 23.2 Å². The molecule has 0 amide bonds. The largest absolute Gasteiger partial charge is 0.396 e. The van der Waals surface area contributed by atoms with E-state index < -0.39 is 0 Å². The fraction of sp³-hybridized carbons (Fsp3) is 0.867. The Bertz CT molecular complexity index is 337.